The standard InChI is InChI=1S/C61H68N14O7S/c1-36(2)57(61(79)74-34-44(76)25-51(74)60(78)67-37(3)39-11-13-40(14-12-39)58-38(4)66-35-83-58)53-29-55(70-82-53)72-22-20-71(21-23-72)19-7-10-54-64-30-47(31-65-54)80-45-26-46(27-45)81-56-24-41(17-18-63-56)75-42-15-16-43(75)33-73(32-42)50-28-49(68-69-59(50)62)48-8-5-6-9-52(48)77/h5-6,8-9,11-14,17-18,24,28-31,35-37,42-46,51,57,76-77H,15-16,19-23,25-27,32-34H2,1-4H3,(H2,62,69)(H,67,78)/t37-,42+,43?,44+,45?,46?,51-,57+/m0/s1. The number of nitrogens with two attached hydrogens (primary N) is 1. The minimum Gasteiger partial charge on any atom is -0.507 e. The predicted molar refractivity (Wildman–Crippen MR) is 314 cm³/mol. The number of nitrogens with zero attached hydrogens (tertiary/aromatic N) is 12. The number of aromatic hydroxyl groups is 1. The lowest BCUT2D eigenvalue weighted by Crippen LogP contribution is -2.54. The molecule has 0 spiro atoms. The SMILES string of the molecule is Cc1ncsc1-c1ccc([C@H](C)NC(=O)[C@@H]2C[C@@H](O)CN2C(=O)[C@@H](c2cc(N3CCN(CC#Cc4ncc(OC5CC(Oc6cc(N7C8CC[C@@H]7CN(c7cc(-c9ccccc9O)nnc7N)C8)ccn6)C5)cn4)CC3)no2)C(C)C)cc1. The first-order chi connectivity index (χ1) is 40.3. The molecule has 2 amide bonds. The highest BCUT2D eigenvalue weighted by Crippen LogP contribution is 2.41. The van der Waals surface area contributed by atoms with Crippen LogP contribution < -0.4 is 35.2 Å². The molecule has 12 rings (SSSR count). The van der Waals surface area contributed by atoms with Crippen molar-refractivity contribution in [2.45, 2.75) is 108 Å². The monoisotopic (exact) mass is 1140 g/mol. The number of hydrogen-bond acceptors (Lipinski definition) is 20. The molecule has 5 aromatic heterocycles. The molecular formula is C61H68N14O7S. The molecule has 1 aliphatic carbocycles. The van der Waals surface area contributed by atoms with Crippen molar-refractivity contribution in [2.75, 3.05) is 72.8 Å². The third-order valence-electron chi connectivity index (χ3n) is 16.7. The predicted octanol–water partition coefficient (Wildman–Crippen LogP) is 6.64. The number of likely N-dealkylation sites (tertiary alicyclic amines) is 1. The van der Waals surface area contributed by atoms with Gasteiger partial charge in [0.1, 0.15) is 29.9 Å². The molecule has 6 atom stereocenters. The molecule has 2 bridgehead atoms. The number of aliphatic hydroxyl groups excluding tert-OH is 1. The number of carbonyl (C=O) groups excluding carboxylic acids is 2. The zero-order chi connectivity index (χ0) is 57.3. The summed E-state index contributed by atoms with van der Waals surface area (Å²) in [6.07, 6.45) is 7.95. The summed E-state index contributed by atoms with van der Waals surface area (Å²) in [5, 5.41) is 37.3. The summed E-state index contributed by atoms with van der Waals surface area (Å²) in [5.74, 6) is 8.08. The smallest absolute Gasteiger partial charge is 0.243 e. The van der Waals surface area contributed by atoms with Gasteiger partial charge in [-0.1, -0.05) is 61.3 Å². The number of carbonyl (C=O) groups is 2. The average Bonchev–Trinajstić information content (AvgIpc) is 4.52. The molecule has 21 nitrogen and oxygen atoms in total. The van der Waals surface area contributed by atoms with E-state index in [1.54, 1.807) is 35.9 Å². The molecular weight excluding hydrogens is 1070 g/mol. The van der Waals surface area contributed by atoms with Gasteiger partial charge in [-0.15, -0.1) is 21.5 Å². The van der Waals surface area contributed by atoms with E-state index in [0.717, 1.165) is 72.1 Å². The molecule has 430 valence electrons. The second-order valence-corrected chi connectivity index (χ2v) is 23.5. The van der Waals surface area contributed by atoms with E-state index in [1.807, 2.05) is 94.0 Å². The van der Waals surface area contributed by atoms with Gasteiger partial charge in [0.05, 0.1) is 58.5 Å². The minimum absolute atomic E-state index is 0.0243. The number of nitrogen functional groups attached to an aromatic ring is 1. The number of anilines is 4. The molecule has 5 aliphatic rings. The number of benzene rings is 2. The van der Waals surface area contributed by atoms with Crippen LogP contribution in [-0.4, -0.2) is 156 Å². The fourth-order valence-corrected chi connectivity index (χ4v) is 13.0. The Morgan fingerprint density at radius 2 is 1.61 bits per heavy atom. The first-order valence-electron chi connectivity index (χ1n) is 28.6. The van der Waals surface area contributed by atoms with Crippen molar-refractivity contribution >= 4 is 46.2 Å². The van der Waals surface area contributed by atoms with Gasteiger partial charge in [-0.2, -0.15) is 0 Å². The molecule has 4 aliphatic heterocycles. The van der Waals surface area contributed by atoms with Gasteiger partial charge in [0.25, 0.3) is 0 Å². The molecule has 0 radical (unpaired) electrons. The first-order valence-corrected chi connectivity index (χ1v) is 29.4. The fraction of sp³-hybridized carbons (Fsp3) is 0.426. The number of nitrogens with one attached hydrogen (secondary N) is 1. The number of rotatable bonds is 16. The van der Waals surface area contributed by atoms with Gasteiger partial charge in [0, 0.05) is 107 Å². The van der Waals surface area contributed by atoms with E-state index in [-0.39, 0.29) is 66.8 Å². The van der Waals surface area contributed by atoms with Crippen LogP contribution in [-0.2, 0) is 9.59 Å². The molecule has 5 N–H and O–H groups in total. The molecule has 2 aromatic carbocycles. The summed E-state index contributed by atoms with van der Waals surface area (Å²) in [6.45, 7) is 12.8. The van der Waals surface area contributed by atoms with E-state index >= 15 is 0 Å². The molecule has 22 heteroatoms. The Labute approximate surface area is 485 Å². The number of aryl methyl sites for hydroxylation is 1. The Balaban J connectivity index is 0.575. The van der Waals surface area contributed by atoms with Gasteiger partial charge in [0.15, 0.2) is 23.1 Å². The highest BCUT2D eigenvalue weighted by molar-refractivity contribution is 7.13. The van der Waals surface area contributed by atoms with Crippen molar-refractivity contribution in [3.8, 4) is 50.9 Å². The number of thiazole rings is 1. The van der Waals surface area contributed by atoms with E-state index in [1.165, 1.54) is 4.90 Å². The summed E-state index contributed by atoms with van der Waals surface area (Å²) in [4.78, 5) is 57.8. The van der Waals surface area contributed by atoms with Crippen LogP contribution in [0.3, 0.4) is 0 Å². The van der Waals surface area contributed by atoms with Gasteiger partial charge in [-0.05, 0) is 73.9 Å². The van der Waals surface area contributed by atoms with Gasteiger partial charge in [-0.25, -0.2) is 19.9 Å². The first kappa shape index (κ1) is 55.2. The maximum atomic E-state index is 14.4. The van der Waals surface area contributed by atoms with E-state index in [9.17, 15) is 19.8 Å². The molecule has 83 heavy (non-hydrogen) atoms. The lowest BCUT2D eigenvalue weighted by atomic mass is 9.91. The van der Waals surface area contributed by atoms with Crippen molar-refractivity contribution in [1.29, 1.82) is 0 Å². The summed E-state index contributed by atoms with van der Waals surface area (Å²) >= 11 is 1.59. The van der Waals surface area contributed by atoms with E-state index in [4.69, 9.17) is 19.7 Å². The van der Waals surface area contributed by atoms with E-state index in [0.29, 0.717) is 78.6 Å². The van der Waals surface area contributed by atoms with Gasteiger partial charge in [-0.3, -0.25) is 14.5 Å². The number of ether oxygens (including phenoxy) is 2. The lowest BCUT2D eigenvalue weighted by molar-refractivity contribution is -0.141. The lowest BCUT2D eigenvalue weighted by Gasteiger charge is -2.43. The molecule has 4 saturated heterocycles. The van der Waals surface area contributed by atoms with Crippen LogP contribution in [0.4, 0.5) is 23.0 Å². The molecule has 9 heterocycles. The molecule has 1 saturated carbocycles. The van der Waals surface area contributed by atoms with Crippen molar-refractivity contribution in [3.63, 3.8) is 0 Å². The van der Waals surface area contributed by atoms with Crippen molar-refractivity contribution < 1.29 is 33.8 Å². The third kappa shape index (κ3) is 12.0. The number of phenolic OH excluding ortho intramolecular Hbond substituents is 1. The number of aliphatic hydroxyl groups is 1. The van der Waals surface area contributed by atoms with Crippen molar-refractivity contribution in [3.05, 3.63) is 120 Å². The Morgan fingerprint density at radius 3 is 2.34 bits per heavy atom. The Morgan fingerprint density at radius 1 is 0.867 bits per heavy atom. The van der Waals surface area contributed by atoms with Gasteiger partial charge < -0.3 is 54.9 Å². The van der Waals surface area contributed by atoms with Crippen molar-refractivity contribution in [1.82, 2.24) is 50.4 Å². The normalized spacial score (nSPS) is 22.2. The number of β-amino-alcohol motifs (C(OH)–C–C–N with tert-alkyl or cyclic N) is 1. The maximum Gasteiger partial charge on any atom is 0.243 e. The van der Waals surface area contributed by atoms with Gasteiger partial charge >= 0.3 is 0 Å². The summed E-state index contributed by atoms with van der Waals surface area (Å²) < 4.78 is 18.4. The van der Waals surface area contributed by atoms with Crippen LogP contribution in [0, 0.1) is 24.7 Å². The van der Waals surface area contributed by atoms with Crippen LogP contribution >= 0.6 is 11.3 Å². The number of pyridine rings is 1. The maximum absolute atomic E-state index is 14.4. The Kier molecular flexibility index (Phi) is 15.8. The zero-order valence-electron chi connectivity index (χ0n) is 46.9. The second kappa shape index (κ2) is 23.8. The topological polar surface area (TPSA) is 251 Å². The second-order valence-electron chi connectivity index (χ2n) is 22.6. The van der Waals surface area contributed by atoms with Crippen LogP contribution in [0.2, 0.25) is 0 Å². The number of phenols is 1. The number of para-hydroxylation sites is 1. The summed E-state index contributed by atoms with van der Waals surface area (Å²) in [7, 11) is 0. The molecule has 1 unspecified atom stereocenters. The van der Waals surface area contributed by atoms with Crippen LogP contribution in [0.15, 0.2) is 101 Å². The number of aromatic nitrogens is 7. The van der Waals surface area contributed by atoms with Crippen LogP contribution in [0.25, 0.3) is 21.7 Å². The molecule has 5 fully saturated rings. The number of amides is 2. The van der Waals surface area contributed by atoms with Crippen LogP contribution in [0.1, 0.15) is 87.7 Å². The summed E-state index contributed by atoms with van der Waals surface area (Å²) in [5.41, 5.74) is 14.3. The average molecular weight is 1140 g/mol. The largest absolute Gasteiger partial charge is 0.507 e. The Hall–Kier alpha value is -8.39. The minimum atomic E-state index is -0.826. The van der Waals surface area contributed by atoms with E-state index < -0.39 is 18.1 Å². The fourth-order valence-electron chi connectivity index (χ4n) is 12.2. The highest BCUT2D eigenvalue weighted by atomic mass is 32.1. The zero-order valence-corrected chi connectivity index (χ0v) is 47.7. The highest BCUT2D eigenvalue weighted by Gasteiger charge is 2.45. The number of piperazine rings is 2. The number of fused-ring (bicyclic) bond motifs is 2. The van der Waals surface area contributed by atoms with Crippen molar-refractivity contribution in [2.24, 2.45) is 5.92 Å². The quantitative estimate of drug-likeness (QED) is 0.0741. The molecule has 7 aromatic rings. The van der Waals surface area contributed by atoms with Gasteiger partial charge in [0.2, 0.25) is 23.5 Å². The third-order valence-corrected chi connectivity index (χ3v) is 17.7. The van der Waals surface area contributed by atoms with E-state index in [2.05, 4.69) is 78.1 Å². The Bertz CT molecular complexity index is 3490. The summed E-state index contributed by atoms with van der Waals surface area (Å²) in [6, 6.07) is 22.4. The van der Waals surface area contributed by atoms with Crippen LogP contribution in [0.5, 0.6) is 17.4 Å². The number of hydrogen-bond donors (Lipinski definition) is 4.